The number of Topliss-reactive ketones (excluding diaryl/α,β-unsaturated/α-hetero) is 1. The molecule has 1 atom stereocenters. The van der Waals surface area contributed by atoms with Gasteiger partial charge in [0.25, 0.3) is 0 Å². The molecule has 6 heteroatoms. The predicted molar refractivity (Wildman–Crippen MR) is 93.1 cm³/mol. The Morgan fingerprint density at radius 2 is 1.68 bits per heavy atom. The molecule has 0 amide bonds. The normalized spacial score (nSPS) is 16.0. The summed E-state index contributed by atoms with van der Waals surface area (Å²) in [6, 6.07) is 12.1. The lowest BCUT2D eigenvalue weighted by atomic mass is 10.0. The topological polar surface area (TPSA) is 66.4 Å². The molecule has 6 nitrogen and oxygen atoms in total. The molecule has 1 aliphatic heterocycles. The minimum atomic E-state index is -0.599. The van der Waals surface area contributed by atoms with Crippen LogP contribution < -0.4 is 14.2 Å². The van der Waals surface area contributed by atoms with Crippen LogP contribution >= 0.6 is 0 Å². The summed E-state index contributed by atoms with van der Waals surface area (Å²) >= 11 is 0. The van der Waals surface area contributed by atoms with E-state index in [2.05, 4.69) is 4.99 Å². The Labute approximate surface area is 146 Å². The molecule has 0 saturated carbocycles. The third-order valence-corrected chi connectivity index (χ3v) is 3.92. The number of benzene rings is 2. The molecular formula is C19H19NO5. The van der Waals surface area contributed by atoms with E-state index >= 15 is 0 Å². The lowest BCUT2D eigenvalue weighted by Crippen LogP contribution is -2.20. The van der Waals surface area contributed by atoms with Crippen molar-refractivity contribution in [2.75, 3.05) is 27.9 Å². The van der Waals surface area contributed by atoms with Crippen molar-refractivity contribution in [2.24, 2.45) is 4.99 Å². The molecular weight excluding hydrogens is 322 g/mol. The molecule has 0 aliphatic carbocycles. The van der Waals surface area contributed by atoms with Crippen LogP contribution in [0.15, 0.2) is 47.5 Å². The second-order valence-electron chi connectivity index (χ2n) is 5.41. The summed E-state index contributed by atoms with van der Waals surface area (Å²) in [5.74, 6) is 1.61. The molecule has 0 spiro atoms. The molecule has 0 N–H and O–H groups in total. The minimum Gasteiger partial charge on any atom is -0.493 e. The van der Waals surface area contributed by atoms with Crippen molar-refractivity contribution >= 4 is 11.7 Å². The lowest BCUT2D eigenvalue weighted by molar-refractivity contribution is 0.0947. The first-order valence-electron chi connectivity index (χ1n) is 7.78. The highest BCUT2D eigenvalue weighted by Crippen LogP contribution is 2.38. The van der Waals surface area contributed by atoms with Gasteiger partial charge in [0, 0.05) is 11.1 Å². The molecule has 0 radical (unpaired) electrons. The Bertz CT molecular complexity index is 776. The fourth-order valence-corrected chi connectivity index (χ4v) is 2.66. The zero-order chi connectivity index (χ0) is 17.8. The fourth-order valence-electron chi connectivity index (χ4n) is 2.66. The van der Waals surface area contributed by atoms with Crippen molar-refractivity contribution in [3.05, 3.63) is 53.6 Å². The van der Waals surface area contributed by atoms with Crippen molar-refractivity contribution in [1.82, 2.24) is 0 Å². The summed E-state index contributed by atoms with van der Waals surface area (Å²) in [6.07, 6.45) is 0. The van der Waals surface area contributed by atoms with Crippen LogP contribution in [0.25, 0.3) is 0 Å². The van der Waals surface area contributed by atoms with Gasteiger partial charge in [-0.05, 0) is 24.3 Å². The number of hydrogen-bond donors (Lipinski definition) is 0. The molecule has 0 saturated heterocycles. The van der Waals surface area contributed by atoms with Crippen LogP contribution in [0.5, 0.6) is 17.2 Å². The Morgan fingerprint density at radius 1 is 1.04 bits per heavy atom. The molecule has 130 valence electrons. The third-order valence-electron chi connectivity index (χ3n) is 3.92. The van der Waals surface area contributed by atoms with Gasteiger partial charge in [0.1, 0.15) is 6.61 Å². The van der Waals surface area contributed by atoms with Crippen LogP contribution in [-0.4, -0.2) is 45.7 Å². The molecule has 25 heavy (non-hydrogen) atoms. The summed E-state index contributed by atoms with van der Waals surface area (Å²) < 4.78 is 21.5. The van der Waals surface area contributed by atoms with E-state index in [0.29, 0.717) is 28.7 Å². The second-order valence-corrected chi connectivity index (χ2v) is 5.41. The number of aliphatic imine (C=N–C) groups is 1. The highest BCUT2D eigenvalue weighted by atomic mass is 16.5. The number of hydrogen-bond acceptors (Lipinski definition) is 6. The Morgan fingerprint density at radius 3 is 2.24 bits per heavy atom. The first kappa shape index (κ1) is 16.8. The van der Waals surface area contributed by atoms with Crippen LogP contribution in [-0.2, 0) is 4.74 Å². The second kappa shape index (κ2) is 7.25. The zero-order valence-corrected chi connectivity index (χ0v) is 14.3. The van der Waals surface area contributed by atoms with Crippen molar-refractivity contribution in [2.45, 2.75) is 6.04 Å². The zero-order valence-electron chi connectivity index (χ0n) is 14.3. The number of carbonyl (C=O) groups excluding carboxylic acids is 1. The largest absolute Gasteiger partial charge is 0.493 e. The van der Waals surface area contributed by atoms with Crippen LogP contribution in [0.2, 0.25) is 0 Å². The number of ketones is 1. The van der Waals surface area contributed by atoms with Gasteiger partial charge in [0.05, 0.1) is 21.3 Å². The van der Waals surface area contributed by atoms with E-state index in [-0.39, 0.29) is 12.4 Å². The quantitative estimate of drug-likeness (QED) is 0.756. The average molecular weight is 341 g/mol. The molecule has 0 fully saturated rings. The monoisotopic (exact) mass is 341 g/mol. The summed E-state index contributed by atoms with van der Waals surface area (Å²) in [5.41, 5.74) is 1.28. The fraction of sp³-hybridized carbons (Fsp3) is 0.263. The Balaban J connectivity index is 1.90. The minimum absolute atomic E-state index is 0.162. The van der Waals surface area contributed by atoms with E-state index < -0.39 is 6.04 Å². The molecule has 1 aliphatic rings. The van der Waals surface area contributed by atoms with E-state index in [1.165, 1.54) is 21.3 Å². The number of carbonyl (C=O) groups is 1. The van der Waals surface area contributed by atoms with Gasteiger partial charge in [-0.2, -0.15) is 0 Å². The molecule has 3 rings (SSSR count). The lowest BCUT2D eigenvalue weighted by Gasteiger charge is -2.14. The Kier molecular flexibility index (Phi) is 4.88. The average Bonchev–Trinajstić information content (AvgIpc) is 3.17. The summed E-state index contributed by atoms with van der Waals surface area (Å²) in [5, 5.41) is 0. The van der Waals surface area contributed by atoms with E-state index in [1.54, 1.807) is 12.1 Å². The first-order chi connectivity index (χ1) is 12.2. The number of rotatable bonds is 6. The van der Waals surface area contributed by atoms with Gasteiger partial charge in [-0.1, -0.05) is 18.2 Å². The van der Waals surface area contributed by atoms with Gasteiger partial charge in [0.2, 0.25) is 11.6 Å². The first-order valence-corrected chi connectivity index (χ1v) is 7.78. The van der Waals surface area contributed by atoms with Crippen molar-refractivity contribution in [1.29, 1.82) is 0 Å². The molecule has 0 aromatic heterocycles. The summed E-state index contributed by atoms with van der Waals surface area (Å²) in [6.45, 7) is 0.208. The highest BCUT2D eigenvalue weighted by molar-refractivity contribution is 6.05. The van der Waals surface area contributed by atoms with Gasteiger partial charge < -0.3 is 18.9 Å². The van der Waals surface area contributed by atoms with Gasteiger partial charge in [-0.3, -0.25) is 4.79 Å². The van der Waals surface area contributed by atoms with Crippen LogP contribution in [0.3, 0.4) is 0 Å². The van der Waals surface area contributed by atoms with Crippen molar-refractivity contribution in [3.63, 3.8) is 0 Å². The van der Waals surface area contributed by atoms with Crippen molar-refractivity contribution < 1.29 is 23.7 Å². The smallest absolute Gasteiger partial charge is 0.217 e. The molecule has 0 bridgehead atoms. The molecule has 0 unspecified atom stereocenters. The Hall–Kier alpha value is -3.02. The van der Waals surface area contributed by atoms with E-state index in [1.807, 2.05) is 30.3 Å². The van der Waals surface area contributed by atoms with Crippen LogP contribution in [0.4, 0.5) is 0 Å². The summed E-state index contributed by atoms with van der Waals surface area (Å²) in [7, 11) is 4.54. The highest BCUT2D eigenvalue weighted by Gasteiger charge is 2.29. The maximum atomic E-state index is 12.8. The molecule has 2 aromatic carbocycles. The third kappa shape index (κ3) is 3.28. The van der Waals surface area contributed by atoms with Gasteiger partial charge >= 0.3 is 0 Å². The molecule has 2 aromatic rings. The van der Waals surface area contributed by atoms with E-state index in [0.717, 1.165) is 5.56 Å². The maximum Gasteiger partial charge on any atom is 0.217 e. The van der Waals surface area contributed by atoms with Crippen LogP contribution in [0, 0.1) is 0 Å². The maximum absolute atomic E-state index is 12.8. The number of ether oxygens (including phenoxy) is 4. The van der Waals surface area contributed by atoms with Crippen LogP contribution in [0.1, 0.15) is 15.9 Å². The van der Waals surface area contributed by atoms with Gasteiger partial charge in [-0.15, -0.1) is 0 Å². The number of nitrogens with zero attached hydrogens (tertiary/aromatic N) is 1. The van der Waals surface area contributed by atoms with Gasteiger partial charge in [-0.25, -0.2) is 4.99 Å². The van der Waals surface area contributed by atoms with Crippen molar-refractivity contribution in [3.8, 4) is 17.2 Å². The van der Waals surface area contributed by atoms with E-state index in [9.17, 15) is 4.79 Å². The number of methoxy groups -OCH3 is 3. The van der Waals surface area contributed by atoms with E-state index in [4.69, 9.17) is 18.9 Å². The van der Waals surface area contributed by atoms with Gasteiger partial charge in [0.15, 0.2) is 23.3 Å². The summed E-state index contributed by atoms with van der Waals surface area (Å²) in [4.78, 5) is 17.2. The SMILES string of the molecule is COc1cc(C(=O)[C@H]2COC(c3ccccc3)=N2)cc(OC)c1OC. The predicted octanol–water partition coefficient (Wildman–Crippen LogP) is 2.74. The standard InChI is InChI=1S/C19H19NO5/c1-22-15-9-13(10-16(23-2)18(15)24-3)17(21)14-11-25-19(20-14)12-7-5-4-6-8-12/h4-10,14H,11H2,1-3H3/t14-/m1/s1. The molecule has 1 heterocycles.